The summed E-state index contributed by atoms with van der Waals surface area (Å²) in [6.07, 6.45) is 3.14. The van der Waals surface area contributed by atoms with Crippen LogP contribution in [-0.4, -0.2) is 22.6 Å². The number of carboxylic acids is 1. The van der Waals surface area contributed by atoms with Crippen molar-refractivity contribution in [1.82, 2.24) is 10.3 Å². The number of hydrogen-bond donors (Lipinski definition) is 2. The highest BCUT2D eigenvalue weighted by Crippen LogP contribution is 2.25. The van der Waals surface area contributed by atoms with E-state index in [1.54, 1.807) is 0 Å². The van der Waals surface area contributed by atoms with Gasteiger partial charge in [-0.3, -0.25) is 0 Å². The normalized spacial score (nSPS) is 22.0. The highest BCUT2D eigenvalue weighted by atomic mass is 16.4. The minimum atomic E-state index is -1.03. The molecule has 5 heteroatoms. The first kappa shape index (κ1) is 8.25. The van der Waals surface area contributed by atoms with E-state index in [9.17, 15) is 4.79 Å². The molecule has 70 valence electrons. The summed E-state index contributed by atoms with van der Waals surface area (Å²) in [4.78, 5) is 14.3. The number of aromatic carboxylic acids is 1. The Bertz CT molecular complexity index is 315. The third-order valence-electron chi connectivity index (χ3n) is 2.17. The summed E-state index contributed by atoms with van der Waals surface area (Å²) in [5.41, 5.74) is 0.0272. The van der Waals surface area contributed by atoms with Gasteiger partial charge >= 0.3 is 5.97 Å². The molecule has 2 rings (SSSR count). The average Bonchev–Trinajstić information content (AvgIpc) is 2.74. The highest BCUT2D eigenvalue weighted by Gasteiger charge is 2.26. The van der Waals surface area contributed by atoms with Gasteiger partial charge in [-0.25, -0.2) is 9.78 Å². The maximum atomic E-state index is 10.7. The van der Waals surface area contributed by atoms with Crippen molar-refractivity contribution in [3.05, 3.63) is 17.8 Å². The molecule has 2 N–H and O–H groups in total. The van der Waals surface area contributed by atoms with Gasteiger partial charge in [0.15, 0.2) is 17.8 Å². The summed E-state index contributed by atoms with van der Waals surface area (Å²) in [5.74, 6) is -0.581. The monoisotopic (exact) mass is 182 g/mol. The Morgan fingerprint density at radius 2 is 2.62 bits per heavy atom. The van der Waals surface area contributed by atoms with E-state index < -0.39 is 5.97 Å². The molecule has 13 heavy (non-hydrogen) atoms. The van der Waals surface area contributed by atoms with E-state index in [1.807, 2.05) is 0 Å². The van der Waals surface area contributed by atoms with E-state index >= 15 is 0 Å². The van der Waals surface area contributed by atoms with Crippen LogP contribution < -0.4 is 5.32 Å². The van der Waals surface area contributed by atoms with Gasteiger partial charge in [0, 0.05) is 0 Å². The molecule has 0 saturated carbocycles. The predicted molar refractivity (Wildman–Crippen MR) is 43.4 cm³/mol. The van der Waals surface area contributed by atoms with Gasteiger partial charge < -0.3 is 14.8 Å². The second kappa shape index (κ2) is 3.18. The Morgan fingerprint density at radius 3 is 3.23 bits per heavy atom. The molecule has 0 aromatic carbocycles. The molecule has 1 atom stereocenters. The van der Waals surface area contributed by atoms with Crippen LogP contribution in [0.4, 0.5) is 0 Å². The molecule has 1 fully saturated rings. The third kappa shape index (κ3) is 1.42. The van der Waals surface area contributed by atoms with Crippen LogP contribution in [0.5, 0.6) is 0 Å². The van der Waals surface area contributed by atoms with E-state index in [0.717, 1.165) is 19.4 Å². The quantitative estimate of drug-likeness (QED) is 0.707. The first-order valence-corrected chi connectivity index (χ1v) is 4.19. The SMILES string of the molecule is O=C(O)c1ncoc1[C@@H]1CCCN1. The summed E-state index contributed by atoms with van der Waals surface area (Å²) < 4.78 is 5.06. The average molecular weight is 182 g/mol. The number of aromatic nitrogens is 1. The van der Waals surface area contributed by atoms with Crippen LogP contribution in [0.3, 0.4) is 0 Å². The zero-order valence-corrected chi connectivity index (χ0v) is 6.99. The number of nitrogens with zero attached hydrogens (tertiary/aromatic N) is 1. The number of nitrogens with one attached hydrogen (secondary N) is 1. The molecule has 1 saturated heterocycles. The van der Waals surface area contributed by atoms with Gasteiger partial charge in [-0.05, 0) is 19.4 Å². The number of carbonyl (C=O) groups is 1. The Morgan fingerprint density at radius 1 is 1.77 bits per heavy atom. The van der Waals surface area contributed by atoms with Crippen molar-refractivity contribution in [3.63, 3.8) is 0 Å². The van der Waals surface area contributed by atoms with Crippen molar-refractivity contribution >= 4 is 5.97 Å². The van der Waals surface area contributed by atoms with Crippen molar-refractivity contribution < 1.29 is 14.3 Å². The zero-order chi connectivity index (χ0) is 9.26. The molecule has 2 heterocycles. The molecule has 0 amide bonds. The molecule has 0 radical (unpaired) electrons. The Balaban J connectivity index is 2.28. The van der Waals surface area contributed by atoms with E-state index in [1.165, 1.54) is 6.39 Å². The maximum absolute atomic E-state index is 10.7. The molecular weight excluding hydrogens is 172 g/mol. The lowest BCUT2D eigenvalue weighted by Crippen LogP contribution is -2.15. The topological polar surface area (TPSA) is 75.4 Å². The number of hydrogen-bond acceptors (Lipinski definition) is 4. The van der Waals surface area contributed by atoms with Crippen LogP contribution >= 0.6 is 0 Å². The summed E-state index contributed by atoms with van der Waals surface area (Å²) in [6, 6.07) is 0.0219. The lowest BCUT2D eigenvalue weighted by Gasteiger charge is -2.05. The highest BCUT2D eigenvalue weighted by molar-refractivity contribution is 5.86. The van der Waals surface area contributed by atoms with Gasteiger partial charge in [-0.2, -0.15) is 0 Å². The standard InChI is InChI=1S/C8H10N2O3/c11-8(12)6-7(13-4-10-6)5-2-1-3-9-5/h4-5,9H,1-3H2,(H,11,12)/t5-/m0/s1. The zero-order valence-electron chi connectivity index (χ0n) is 6.99. The van der Waals surface area contributed by atoms with Crippen LogP contribution in [0.1, 0.15) is 35.1 Å². The predicted octanol–water partition coefficient (Wildman–Crippen LogP) is 0.797. The number of oxazole rings is 1. The second-order valence-corrected chi connectivity index (χ2v) is 3.02. The molecule has 1 aliphatic rings. The largest absolute Gasteiger partial charge is 0.476 e. The molecule has 1 aromatic rings. The van der Waals surface area contributed by atoms with Crippen molar-refractivity contribution in [3.8, 4) is 0 Å². The van der Waals surface area contributed by atoms with Crippen LogP contribution in [0.2, 0.25) is 0 Å². The van der Waals surface area contributed by atoms with Gasteiger partial charge in [-0.15, -0.1) is 0 Å². The second-order valence-electron chi connectivity index (χ2n) is 3.02. The fraction of sp³-hybridized carbons (Fsp3) is 0.500. The molecule has 5 nitrogen and oxygen atoms in total. The van der Waals surface area contributed by atoms with E-state index in [2.05, 4.69) is 10.3 Å². The summed E-state index contributed by atoms with van der Waals surface area (Å²) in [7, 11) is 0. The van der Waals surface area contributed by atoms with Crippen LogP contribution in [-0.2, 0) is 0 Å². The van der Waals surface area contributed by atoms with Crippen LogP contribution in [0.25, 0.3) is 0 Å². The lowest BCUT2D eigenvalue weighted by atomic mass is 10.1. The number of rotatable bonds is 2. The fourth-order valence-electron chi connectivity index (χ4n) is 1.57. The molecule has 0 bridgehead atoms. The number of carboxylic acid groups (broad SMARTS) is 1. The van der Waals surface area contributed by atoms with Crippen molar-refractivity contribution in [2.45, 2.75) is 18.9 Å². The summed E-state index contributed by atoms with van der Waals surface area (Å²) in [5, 5.41) is 11.9. The van der Waals surface area contributed by atoms with E-state index in [-0.39, 0.29) is 11.7 Å². The van der Waals surface area contributed by atoms with Gasteiger partial charge in [-0.1, -0.05) is 0 Å². The third-order valence-corrected chi connectivity index (χ3v) is 2.17. The Labute approximate surface area is 74.8 Å². The minimum absolute atomic E-state index is 0.0219. The fourth-order valence-corrected chi connectivity index (χ4v) is 1.57. The smallest absolute Gasteiger partial charge is 0.358 e. The Kier molecular flexibility index (Phi) is 2.02. The van der Waals surface area contributed by atoms with Crippen molar-refractivity contribution in [2.75, 3.05) is 6.54 Å². The van der Waals surface area contributed by atoms with Gasteiger partial charge in [0.05, 0.1) is 6.04 Å². The van der Waals surface area contributed by atoms with Crippen molar-refractivity contribution in [2.24, 2.45) is 0 Å². The maximum Gasteiger partial charge on any atom is 0.358 e. The molecule has 0 spiro atoms. The first-order chi connectivity index (χ1) is 6.29. The minimum Gasteiger partial charge on any atom is -0.476 e. The summed E-state index contributed by atoms with van der Waals surface area (Å²) >= 11 is 0. The molecule has 1 aliphatic heterocycles. The molecular formula is C8H10N2O3. The van der Waals surface area contributed by atoms with E-state index in [0.29, 0.717) is 5.76 Å². The lowest BCUT2D eigenvalue weighted by molar-refractivity contribution is 0.0687. The van der Waals surface area contributed by atoms with Gasteiger partial charge in [0.1, 0.15) is 0 Å². The molecule has 0 aliphatic carbocycles. The molecule has 0 unspecified atom stereocenters. The first-order valence-electron chi connectivity index (χ1n) is 4.19. The molecule has 1 aromatic heterocycles. The van der Waals surface area contributed by atoms with Gasteiger partial charge in [0.2, 0.25) is 0 Å². The van der Waals surface area contributed by atoms with Crippen molar-refractivity contribution in [1.29, 1.82) is 0 Å². The van der Waals surface area contributed by atoms with Crippen LogP contribution in [0, 0.1) is 0 Å². The Hall–Kier alpha value is -1.36. The van der Waals surface area contributed by atoms with Gasteiger partial charge in [0.25, 0.3) is 0 Å². The van der Waals surface area contributed by atoms with Crippen LogP contribution in [0.15, 0.2) is 10.8 Å². The van der Waals surface area contributed by atoms with E-state index in [4.69, 9.17) is 9.52 Å². The summed E-state index contributed by atoms with van der Waals surface area (Å²) in [6.45, 7) is 0.907.